The van der Waals surface area contributed by atoms with Crippen molar-refractivity contribution in [2.45, 2.75) is 13.5 Å². The number of ether oxygens (including phenoxy) is 2. The Morgan fingerprint density at radius 1 is 1.18 bits per heavy atom. The largest absolute Gasteiger partial charge is 0.490 e. The standard InChI is InChI=1S/C25H19ClFIN2O3/c1-2-32-23-13-17(10-18(14-29)25(31)30-22-9-4-3-8-20(22)26)12-21(28)24(23)33-15-16-6-5-7-19(27)11-16/h3-13H,2,15H2,1H3,(H,30,31)/b18-10+. The molecule has 0 aromatic heterocycles. The van der Waals surface area contributed by atoms with Crippen LogP contribution in [0.5, 0.6) is 11.5 Å². The lowest BCUT2D eigenvalue weighted by atomic mass is 10.1. The molecule has 0 saturated heterocycles. The van der Waals surface area contributed by atoms with Crippen LogP contribution in [0.3, 0.4) is 0 Å². The molecular formula is C25H19ClFIN2O3. The Bertz CT molecular complexity index is 1240. The molecule has 0 bridgehead atoms. The summed E-state index contributed by atoms with van der Waals surface area (Å²) in [5.74, 6) is 0.0363. The molecule has 0 aliphatic carbocycles. The van der Waals surface area contributed by atoms with Gasteiger partial charge in [-0.1, -0.05) is 35.9 Å². The van der Waals surface area contributed by atoms with E-state index >= 15 is 0 Å². The SMILES string of the molecule is CCOc1cc(/C=C(\C#N)C(=O)Nc2ccccc2Cl)cc(I)c1OCc1cccc(F)c1. The summed E-state index contributed by atoms with van der Waals surface area (Å²) in [5.41, 5.74) is 1.59. The zero-order chi connectivity index (χ0) is 23.8. The van der Waals surface area contributed by atoms with E-state index in [1.54, 1.807) is 48.5 Å². The first-order valence-electron chi connectivity index (χ1n) is 9.92. The topological polar surface area (TPSA) is 71.3 Å². The molecule has 0 heterocycles. The number of benzene rings is 3. The molecule has 0 fully saturated rings. The van der Waals surface area contributed by atoms with Crippen LogP contribution in [-0.4, -0.2) is 12.5 Å². The van der Waals surface area contributed by atoms with Gasteiger partial charge in [0.15, 0.2) is 11.5 Å². The summed E-state index contributed by atoms with van der Waals surface area (Å²) in [4.78, 5) is 12.6. The average Bonchev–Trinajstić information content (AvgIpc) is 2.78. The van der Waals surface area contributed by atoms with Crippen LogP contribution in [0.15, 0.2) is 66.2 Å². The molecule has 0 spiro atoms. The van der Waals surface area contributed by atoms with E-state index < -0.39 is 5.91 Å². The zero-order valence-corrected chi connectivity index (χ0v) is 20.5. The molecule has 0 radical (unpaired) electrons. The number of halogens is 3. The van der Waals surface area contributed by atoms with Crippen LogP contribution in [-0.2, 0) is 11.4 Å². The van der Waals surface area contributed by atoms with Gasteiger partial charge in [-0.15, -0.1) is 0 Å². The first-order chi connectivity index (χ1) is 15.9. The van der Waals surface area contributed by atoms with Gasteiger partial charge in [-0.25, -0.2) is 4.39 Å². The van der Waals surface area contributed by atoms with Gasteiger partial charge in [-0.3, -0.25) is 4.79 Å². The average molecular weight is 577 g/mol. The summed E-state index contributed by atoms with van der Waals surface area (Å²) in [7, 11) is 0. The highest BCUT2D eigenvalue weighted by Crippen LogP contribution is 2.35. The summed E-state index contributed by atoms with van der Waals surface area (Å²) in [5, 5.41) is 12.5. The number of hydrogen-bond donors (Lipinski definition) is 1. The highest BCUT2D eigenvalue weighted by atomic mass is 127. The van der Waals surface area contributed by atoms with E-state index in [4.69, 9.17) is 21.1 Å². The second-order valence-electron chi connectivity index (χ2n) is 6.79. The van der Waals surface area contributed by atoms with E-state index in [0.29, 0.717) is 43.5 Å². The maximum Gasteiger partial charge on any atom is 0.266 e. The molecule has 0 aliphatic rings. The minimum absolute atomic E-state index is 0.0957. The second-order valence-corrected chi connectivity index (χ2v) is 8.35. The minimum Gasteiger partial charge on any atom is -0.490 e. The van der Waals surface area contributed by atoms with Crippen LogP contribution in [0.1, 0.15) is 18.1 Å². The molecule has 3 aromatic rings. The second kappa shape index (κ2) is 11.7. The molecular weight excluding hydrogens is 558 g/mol. The van der Waals surface area contributed by atoms with Crippen molar-refractivity contribution >= 4 is 51.9 Å². The molecule has 1 N–H and O–H groups in total. The molecule has 0 saturated carbocycles. The lowest BCUT2D eigenvalue weighted by Gasteiger charge is -2.15. The van der Waals surface area contributed by atoms with Gasteiger partial charge in [0.2, 0.25) is 0 Å². The molecule has 168 valence electrons. The Morgan fingerprint density at radius 2 is 1.97 bits per heavy atom. The van der Waals surface area contributed by atoms with Crippen LogP contribution < -0.4 is 14.8 Å². The Hall–Kier alpha value is -3.09. The number of nitriles is 1. The summed E-state index contributed by atoms with van der Waals surface area (Å²) in [6, 6.07) is 18.3. The van der Waals surface area contributed by atoms with E-state index in [1.807, 2.05) is 13.0 Å². The van der Waals surface area contributed by atoms with Crippen molar-refractivity contribution in [2.75, 3.05) is 11.9 Å². The van der Waals surface area contributed by atoms with E-state index in [0.717, 1.165) is 0 Å². The van der Waals surface area contributed by atoms with Gasteiger partial charge in [0.25, 0.3) is 5.91 Å². The van der Waals surface area contributed by atoms with Crippen LogP contribution in [0.25, 0.3) is 6.08 Å². The number of hydrogen-bond acceptors (Lipinski definition) is 4. The molecule has 1 amide bonds. The third-order valence-electron chi connectivity index (χ3n) is 4.40. The van der Waals surface area contributed by atoms with E-state index in [2.05, 4.69) is 27.9 Å². The minimum atomic E-state index is -0.579. The van der Waals surface area contributed by atoms with Gasteiger partial charge in [-0.05, 0) is 83.1 Å². The Labute approximate surface area is 209 Å². The normalized spacial score (nSPS) is 10.9. The fraction of sp³-hybridized carbons (Fsp3) is 0.120. The van der Waals surface area contributed by atoms with Crippen LogP contribution >= 0.6 is 34.2 Å². The summed E-state index contributed by atoms with van der Waals surface area (Å²) in [6.07, 6.45) is 1.47. The summed E-state index contributed by atoms with van der Waals surface area (Å²) >= 11 is 8.17. The molecule has 0 aliphatic heterocycles. The van der Waals surface area contributed by atoms with Gasteiger partial charge in [-0.2, -0.15) is 5.26 Å². The summed E-state index contributed by atoms with van der Waals surface area (Å²) in [6.45, 7) is 2.38. The number of carbonyl (C=O) groups is 1. The highest BCUT2D eigenvalue weighted by molar-refractivity contribution is 14.1. The number of amides is 1. The maximum atomic E-state index is 13.5. The first kappa shape index (κ1) is 24.6. The Balaban J connectivity index is 1.86. The van der Waals surface area contributed by atoms with E-state index in [-0.39, 0.29) is 18.0 Å². The summed E-state index contributed by atoms with van der Waals surface area (Å²) < 4.78 is 25.8. The van der Waals surface area contributed by atoms with Crippen molar-refractivity contribution in [1.29, 1.82) is 5.26 Å². The van der Waals surface area contributed by atoms with Crippen LogP contribution in [0.2, 0.25) is 5.02 Å². The Kier molecular flexibility index (Phi) is 8.69. The third kappa shape index (κ3) is 6.70. The maximum absolute atomic E-state index is 13.5. The van der Waals surface area contributed by atoms with Gasteiger partial charge in [0.05, 0.1) is 20.9 Å². The van der Waals surface area contributed by atoms with Crippen molar-refractivity contribution in [3.05, 3.63) is 91.8 Å². The van der Waals surface area contributed by atoms with E-state index in [9.17, 15) is 14.4 Å². The first-order valence-corrected chi connectivity index (χ1v) is 11.4. The quantitative estimate of drug-likeness (QED) is 0.186. The van der Waals surface area contributed by atoms with Crippen molar-refractivity contribution in [3.63, 3.8) is 0 Å². The van der Waals surface area contributed by atoms with Crippen molar-refractivity contribution in [1.82, 2.24) is 0 Å². The zero-order valence-electron chi connectivity index (χ0n) is 17.6. The molecule has 5 nitrogen and oxygen atoms in total. The fourth-order valence-electron chi connectivity index (χ4n) is 2.92. The number of para-hydroxylation sites is 1. The molecule has 3 aromatic carbocycles. The highest BCUT2D eigenvalue weighted by Gasteiger charge is 2.15. The lowest BCUT2D eigenvalue weighted by Crippen LogP contribution is -2.13. The van der Waals surface area contributed by atoms with Gasteiger partial charge in [0, 0.05) is 0 Å². The van der Waals surface area contributed by atoms with Crippen molar-refractivity contribution in [2.24, 2.45) is 0 Å². The van der Waals surface area contributed by atoms with Crippen LogP contribution in [0, 0.1) is 20.7 Å². The number of nitrogens with one attached hydrogen (secondary N) is 1. The van der Waals surface area contributed by atoms with Gasteiger partial charge >= 0.3 is 0 Å². The van der Waals surface area contributed by atoms with Crippen molar-refractivity contribution < 1.29 is 18.7 Å². The number of rotatable bonds is 8. The third-order valence-corrected chi connectivity index (χ3v) is 5.53. The molecule has 3 rings (SSSR count). The van der Waals surface area contributed by atoms with Gasteiger partial charge < -0.3 is 14.8 Å². The smallest absolute Gasteiger partial charge is 0.266 e. The fourth-order valence-corrected chi connectivity index (χ4v) is 3.89. The molecule has 8 heteroatoms. The predicted octanol–water partition coefficient (Wildman–Crippen LogP) is 6.61. The van der Waals surface area contributed by atoms with Gasteiger partial charge in [0.1, 0.15) is 24.1 Å². The number of anilines is 1. The number of nitrogens with zero attached hydrogens (tertiary/aromatic N) is 1. The Morgan fingerprint density at radius 3 is 2.67 bits per heavy atom. The number of carbonyl (C=O) groups excluding carboxylic acids is 1. The van der Waals surface area contributed by atoms with E-state index in [1.165, 1.54) is 18.2 Å². The monoisotopic (exact) mass is 576 g/mol. The van der Waals surface area contributed by atoms with Crippen LogP contribution in [0.4, 0.5) is 10.1 Å². The molecule has 0 unspecified atom stereocenters. The van der Waals surface area contributed by atoms with Crippen molar-refractivity contribution in [3.8, 4) is 17.6 Å². The molecule has 33 heavy (non-hydrogen) atoms. The predicted molar refractivity (Wildman–Crippen MR) is 135 cm³/mol. The molecule has 0 atom stereocenters. The lowest BCUT2D eigenvalue weighted by molar-refractivity contribution is -0.112.